The van der Waals surface area contributed by atoms with Crippen LogP contribution in [0, 0.1) is 0 Å². The van der Waals surface area contributed by atoms with E-state index in [1.54, 1.807) is 0 Å². The number of para-hydroxylation sites is 3. The lowest BCUT2D eigenvalue weighted by atomic mass is 9.34. The highest BCUT2D eigenvalue weighted by Crippen LogP contribution is 2.45. The van der Waals surface area contributed by atoms with Gasteiger partial charge in [-0.05, 0) is 64.4 Å². The van der Waals surface area contributed by atoms with Crippen LogP contribution in [0.5, 0.6) is 11.5 Å². The molecule has 0 atom stereocenters. The number of hydrogen-bond acceptors (Lipinski definition) is 3. The molecule has 0 fully saturated rings. The Morgan fingerprint density at radius 3 is 2.17 bits per heavy atom. The Balaban J connectivity index is 1.28. The highest BCUT2D eigenvalue weighted by Gasteiger charge is 2.41. The van der Waals surface area contributed by atoms with Gasteiger partial charge in [-0.25, -0.2) is 0 Å². The van der Waals surface area contributed by atoms with Gasteiger partial charge in [0.1, 0.15) is 11.5 Å². The van der Waals surface area contributed by atoms with Gasteiger partial charge in [-0.2, -0.15) is 0 Å². The Morgan fingerprint density at radius 2 is 1.23 bits per heavy atom. The topological polar surface area (TPSA) is 12.5 Å². The van der Waals surface area contributed by atoms with Gasteiger partial charge in [-0.3, -0.25) is 0 Å². The Hall–Kier alpha value is -4.80. The summed E-state index contributed by atoms with van der Waals surface area (Å²) in [5, 5.41) is 2.65. The van der Waals surface area contributed by atoms with Crippen molar-refractivity contribution in [2.24, 2.45) is 0 Å². The predicted octanol–water partition coefficient (Wildman–Crippen LogP) is 8.13. The summed E-state index contributed by atoms with van der Waals surface area (Å²) in [5.74, 6) is 1.88. The normalized spacial score (nSPS) is 13.1. The highest BCUT2D eigenvalue weighted by atomic mass is 32.1. The van der Waals surface area contributed by atoms with Crippen LogP contribution in [-0.4, -0.2) is 6.71 Å². The van der Waals surface area contributed by atoms with Gasteiger partial charge < -0.3 is 9.64 Å². The molecule has 0 amide bonds. The molecule has 7 aromatic rings. The molecule has 40 heavy (non-hydrogen) atoms. The molecule has 0 unspecified atom stereocenters. The van der Waals surface area contributed by atoms with Crippen LogP contribution in [0.1, 0.15) is 0 Å². The molecule has 3 heterocycles. The largest absolute Gasteiger partial charge is 0.458 e. The molecule has 0 saturated carbocycles. The standard InChI is InChI=1S/C36H22BNOS/c1-5-14-29(24(10-1)23-20-21-26-25-11-2-8-19-34(25)40-35(26)22-23)38-30-15-6-3-12-27(30)37-28-13-4-7-17-32(28)39-33-18-9-16-31(38)36(33)37/h1-22H. The van der Waals surface area contributed by atoms with Gasteiger partial charge in [0.25, 0.3) is 6.71 Å². The fourth-order valence-electron chi connectivity index (χ4n) is 6.65. The minimum absolute atomic E-state index is 0.130. The van der Waals surface area contributed by atoms with E-state index >= 15 is 0 Å². The van der Waals surface area contributed by atoms with Gasteiger partial charge in [-0.1, -0.05) is 91.0 Å². The van der Waals surface area contributed by atoms with Gasteiger partial charge in [0.2, 0.25) is 0 Å². The number of fused-ring (bicyclic) bond motifs is 7. The Bertz CT molecular complexity index is 2130. The first kappa shape index (κ1) is 22.1. The van der Waals surface area contributed by atoms with Crippen LogP contribution in [0.4, 0.5) is 17.1 Å². The molecule has 2 aliphatic heterocycles. The van der Waals surface area contributed by atoms with Crippen LogP contribution < -0.4 is 26.0 Å². The quantitative estimate of drug-likeness (QED) is 0.211. The SMILES string of the molecule is c1ccc2c(c1)Oc1cccc3c1B2c1ccccc1N3c1ccccc1-c1ccc2c(c1)sc1ccccc12. The van der Waals surface area contributed by atoms with Crippen molar-refractivity contribution >= 4 is 71.7 Å². The molecule has 2 nitrogen and oxygen atoms in total. The van der Waals surface area contributed by atoms with E-state index in [9.17, 15) is 0 Å². The lowest BCUT2D eigenvalue weighted by molar-refractivity contribution is 0.487. The zero-order valence-electron chi connectivity index (χ0n) is 21.5. The van der Waals surface area contributed by atoms with Gasteiger partial charge in [-0.15, -0.1) is 11.3 Å². The van der Waals surface area contributed by atoms with E-state index in [0.29, 0.717) is 0 Å². The molecule has 0 aliphatic carbocycles. The number of hydrogen-bond donors (Lipinski definition) is 0. The van der Waals surface area contributed by atoms with Crippen LogP contribution >= 0.6 is 11.3 Å². The monoisotopic (exact) mass is 527 g/mol. The molecule has 4 heteroatoms. The van der Waals surface area contributed by atoms with Crippen LogP contribution in [-0.2, 0) is 0 Å². The van der Waals surface area contributed by atoms with Crippen LogP contribution in [0.25, 0.3) is 31.3 Å². The van der Waals surface area contributed by atoms with Crippen molar-refractivity contribution in [1.29, 1.82) is 0 Å². The maximum Gasteiger partial charge on any atom is 0.256 e. The van der Waals surface area contributed by atoms with Crippen molar-refractivity contribution in [2.75, 3.05) is 4.90 Å². The molecule has 0 radical (unpaired) electrons. The van der Waals surface area contributed by atoms with E-state index in [1.165, 1.54) is 64.7 Å². The molecule has 186 valence electrons. The van der Waals surface area contributed by atoms with Gasteiger partial charge in [0, 0.05) is 37.1 Å². The number of nitrogens with zero attached hydrogens (tertiary/aromatic N) is 1. The fourth-order valence-corrected chi connectivity index (χ4v) is 7.79. The average Bonchev–Trinajstić information content (AvgIpc) is 3.39. The van der Waals surface area contributed by atoms with E-state index < -0.39 is 0 Å². The molecule has 9 rings (SSSR count). The summed E-state index contributed by atoms with van der Waals surface area (Å²) in [4.78, 5) is 2.44. The Labute approximate surface area is 236 Å². The number of anilines is 3. The van der Waals surface area contributed by atoms with E-state index in [1.807, 2.05) is 11.3 Å². The van der Waals surface area contributed by atoms with Crippen molar-refractivity contribution in [3.63, 3.8) is 0 Å². The smallest absolute Gasteiger partial charge is 0.256 e. The zero-order chi connectivity index (χ0) is 26.2. The number of thiophene rings is 1. The summed E-state index contributed by atoms with van der Waals surface area (Å²) in [6, 6.07) is 48.2. The minimum atomic E-state index is 0.130. The van der Waals surface area contributed by atoms with Crippen molar-refractivity contribution in [1.82, 2.24) is 0 Å². The van der Waals surface area contributed by atoms with E-state index in [4.69, 9.17) is 4.74 Å². The lowest BCUT2D eigenvalue weighted by Gasteiger charge is -2.40. The van der Waals surface area contributed by atoms with Gasteiger partial charge in [0.15, 0.2) is 0 Å². The Kier molecular flexibility index (Phi) is 4.61. The second-order valence-electron chi connectivity index (χ2n) is 10.5. The molecular weight excluding hydrogens is 505 g/mol. The minimum Gasteiger partial charge on any atom is -0.458 e. The first-order chi connectivity index (χ1) is 19.8. The molecule has 1 aromatic heterocycles. The Morgan fingerprint density at radius 1 is 0.525 bits per heavy atom. The summed E-state index contributed by atoms with van der Waals surface area (Å²) in [6.07, 6.45) is 0. The predicted molar refractivity (Wildman–Crippen MR) is 171 cm³/mol. The second kappa shape index (κ2) is 8.35. The first-order valence-electron chi connectivity index (χ1n) is 13.6. The average molecular weight is 527 g/mol. The third-order valence-electron chi connectivity index (χ3n) is 8.35. The summed E-state index contributed by atoms with van der Waals surface area (Å²) >= 11 is 1.87. The van der Waals surface area contributed by atoms with Crippen molar-refractivity contribution in [3.05, 3.63) is 133 Å². The number of ether oxygens (including phenoxy) is 1. The number of benzene rings is 6. The molecular formula is C36H22BNOS. The molecule has 6 aromatic carbocycles. The maximum atomic E-state index is 6.49. The summed E-state index contributed by atoms with van der Waals surface area (Å²) in [6.45, 7) is 0.130. The maximum absolute atomic E-state index is 6.49. The summed E-state index contributed by atoms with van der Waals surface area (Å²) < 4.78 is 9.13. The van der Waals surface area contributed by atoms with Crippen LogP contribution in [0.2, 0.25) is 0 Å². The molecule has 0 bridgehead atoms. The zero-order valence-corrected chi connectivity index (χ0v) is 22.4. The number of rotatable bonds is 2. The van der Waals surface area contributed by atoms with Crippen LogP contribution in [0.15, 0.2) is 133 Å². The third-order valence-corrected chi connectivity index (χ3v) is 9.48. The molecule has 0 saturated heterocycles. The fraction of sp³-hybridized carbons (Fsp3) is 0. The molecule has 0 spiro atoms. The molecule has 2 aliphatic rings. The lowest BCUT2D eigenvalue weighted by Crippen LogP contribution is -2.59. The van der Waals surface area contributed by atoms with E-state index in [0.717, 1.165) is 11.5 Å². The highest BCUT2D eigenvalue weighted by molar-refractivity contribution is 7.25. The van der Waals surface area contributed by atoms with Crippen molar-refractivity contribution in [3.8, 4) is 22.6 Å². The van der Waals surface area contributed by atoms with Gasteiger partial charge in [0.05, 0.1) is 5.69 Å². The summed E-state index contributed by atoms with van der Waals surface area (Å²) in [5.41, 5.74) is 9.74. The van der Waals surface area contributed by atoms with E-state index in [-0.39, 0.29) is 6.71 Å². The molecule has 0 N–H and O–H groups in total. The van der Waals surface area contributed by atoms with Crippen LogP contribution in [0.3, 0.4) is 0 Å². The third kappa shape index (κ3) is 3.05. The van der Waals surface area contributed by atoms with Gasteiger partial charge >= 0.3 is 0 Å². The van der Waals surface area contributed by atoms with Crippen molar-refractivity contribution in [2.45, 2.75) is 0 Å². The van der Waals surface area contributed by atoms with E-state index in [2.05, 4.69) is 138 Å². The first-order valence-corrected chi connectivity index (χ1v) is 14.5. The van der Waals surface area contributed by atoms with Crippen molar-refractivity contribution < 1.29 is 4.74 Å². The second-order valence-corrected chi connectivity index (χ2v) is 11.6. The summed E-state index contributed by atoms with van der Waals surface area (Å²) in [7, 11) is 0.